The SMILES string of the molecule is [CH2-][P+]1(CC[P+]2([CH2-])[C@H](CC)CC[C@H]2CC)[C@H](CC)CC[C@H]1CC. The van der Waals surface area contributed by atoms with Crippen LogP contribution in [-0.2, 0) is 0 Å². The summed E-state index contributed by atoms with van der Waals surface area (Å²) in [4.78, 5) is 0. The van der Waals surface area contributed by atoms with Crippen molar-refractivity contribution in [1.82, 2.24) is 0 Å². The van der Waals surface area contributed by atoms with Gasteiger partial charge in [-0.05, 0) is 51.4 Å². The normalized spacial score (nSPS) is 36.8. The standard InChI is InChI=1S/C20H40P2/c1-7-17-11-12-18(8-2)21(17,5)15-16-22(6)19(9-3)13-14-20(22)10-4/h17-20H,5-16H2,1-4H3/t17-,18-,19-,20-/m1/s1. The molecule has 0 spiro atoms. The highest BCUT2D eigenvalue weighted by Crippen LogP contribution is 2.79. The minimum atomic E-state index is -0.972. The van der Waals surface area contributed by atoms with E-state index in [1.807, 2.05) is 0 Å². The Morgan fingerprint density at radius 3 is 1.00 bits per heavy atom. The molecule has 2 aliphatic rings. The van der Waals surface area contributed by atoms with Crippen molar-refractivity contribution in [3.63, 3.8) is 0 Å². The van der Waals surface area contributed by atoms with Crippen molar-refractivity contribution in [1.29, 1.82) is 0 Å². The van der Waals surface area contributed by atoms with Gasteiger partial charge in [0.2, 0.25) is 0 Å². The van der Waals surface area contributed by atoms with Gasteiger partial charge in [-0.2, -0.15) is 13.3 Å². The van der Waals surface area contributed by atoms with Crippen LogP contribution < -0.4 is 0 Å². The van der Waals surface area contributed by atoms with Gasteiger partial charge in [0, 0.05) is 22.6 Å². The average molecular weight is 342 g/mol. The molecule has 2 heterocycles. The molecule has 22 heavy (non-hydrogen) atoms. The van der Waals surface area contributed by atoms with Crippen molar-refractivity contribution in [2.45, 2.75) is 102 Å². The van der Waals surface area contributed by atoms with E-state index in [4.69, 9.17) is 13.3 Å². The van der Waals surface area contributed by atoms with Gasteiger partial charge in [0.1, 0.15) is 0 Å². The Bertz CT molecular complexity index is 294. The third-order valence-corrected chi connectivity index (χ3v) is 18.2. The molecule has 0 amide bonds. The molecular weight excluding hydrogens is 302 g/mol. The van der Waals surface area contributed by atoms with Crippen LogP contribution in [0, 0.1) is 13.3 Å². The van der Waals surface area contributed by atoms with Crippen LogP contribution >= 0.6 is 14.5 Å². The van der Waals surface area contributed by atoms with E-state index in [-0.39, 0.29) is 0 Å². The number of hydrogen-bond acceptors (Lipinski definition) is 0. The Labute approximate surface area is 142 Å². The van der Waals surface area contributed by atoms with Gasteiger partial charge in [-0.25, -0.2) is 0 Å². The van der Waals surface area contributed by atoms with Crippen LogP contribution in [0.25, 0.3) is 0 Å². The average Bonchev–Trinajstić information content (AvgIpc) is 3.02. The third-order valence-electron chi connectivity index (χ3n) is 7.39. The topological polar surface area (TPSA) is 0 Å². The molecule has 0 N–H and O–H groups in total. The molecule has 2 saturated heterocycles. The third kappa shape index (κ3) is 3.31. The van der Waals surface area contributed by atoms with Crippen molar-refractivity contribution in [3.8, 4) is 0 Å². The fourth-order valence-electron chi connectivity index (χ4n) is 5.77. The molecule has 0 unspecified atom stereocenters. The molecular formula is C20H40P2. The Kier molecular flexibility index (Phi) is 6.83. The monoisotopic (exact) mass is 342 g/mol. The van der Waals surface area contributed by atoms with Crippen molar-refractivity contribution < 1.29 is 0 Å². The Morgan fingerprint density at radius 2 is 0.818 bits per heavy atom. The highest BCUT2D eigenvalue weighted by molar-refractivity contribution is 7.82. The molecule has 0 saturated carbocycles. The van der Waals surface area contributed by atoms with E-state index in [9.17, 15) is 0 Å². The lowest BCUT2D eigenvalue weighted by atomic mass is 10.1. The zero-order chi connectivity index (χ0) is 16.4. The Balaban J connectivity index is 2.11. The first-order valence-electron chi connectivity index (χ1n) is 9.89. The van der Waals surface area contributed by atoms with Crippen molar-refractivity contribution in [2.24, 2.45) is 0 Å². The minimum Gasteiger partial charge on any atom is -0.179 e. The molecule has 0 aromatic carbocycles. The molecule has 2 heteroatoms. The summed E-state index contributed by atoms with van der Waals surface area (Å²) in [6.45, 7) is 19.6. The molecule has 0 nitrogen and oxygen atoms in total. The fourth-order valence-corrected chi connectivity index (χ4v) is 17.0. The predicted molar refractivity (Wildman–Crippen MR) is 109 cm³/mol. The second-order valence-corrected chi connectivity index (χ2v) is 16.3. The molecule has 0 aromatic heterocycles. The van der Waals surface area contributed by atoms with Crippen LogP contribution in [0.15, 0.2) is 0 Å². The van der Waals surface area contributed by atoms with Crippen LogP contribution in [0.3, 0.4) is 0 Å². The van der Waals surface area contributed by atoms with Crippen LogP contribution in [0.1, 0.15) is 79.1 Å². The van der Waals surface area contributed by atoms with Crippen LogP contribution in [0.5, 0.6) is 0 Å². The molecule has 0 radical (unpaired) electrons. The van der Waals surface area contributed by atoms with Crippen LogP contribution in [0.4, 0.5) is 0 Å². The van der Waals surface area contributed by atoms with Crippen molar-refractivity contribution >= 4 is 14.5 Å². The van der Waals surface area contributed by atoms with Crippen molar-refractivity contribution in [2.75, 3.05) is 12.3 Å². The van der Waals surface area contributed by atoms with E-state index in [1.54, 1.807) is 0 Å². The molecule has 0 aromatic rings. The second kappa shape index (κ2) is 7.83. The zero-order valence-corrected chi connectivity index (χ0v) is 17.5. The molecule has 0 aliphatic carbocycles. The predicted octanol–water partition coefficient (Wildman–Crippen LogP) is 7.31. The first kappa shape index (κ1) is 19.2. The largest absolute Gasteiger partial charge is 0.179 e. The molecule has 130 valence electrons. The van der Waals surface area contributed by atoms with Gasteiger partial charge in [-0.3, -0.25) is 0 Å². The summed E-state index contributed by atoms with van der Waals surface area (Å²) in [7, 11) is -1.94. The maximum Gasteiger partial charge on any atom is 0.0642 e. The van der Waals surface area contributed by atoms with Gasteiger partial charge in [0.15, 0.2) is 0 Å². The molecule has 2 fully saturated rings. The van der Waals surface area contributed by atoms with Crippen LogP contribution in [-0.4, -0.2) is 35.0 Å². The highest BCUT2D eigenvalue weighted by atomic mass is 31.2. The lowest BCUT2D eigenvalue weighted by Crippen LogP contribution is -2.22. The summed E-state index contributed by atoms with van der Waals surface area (Å²) in [6, 6.07) is 0. The first-order valence-corrected chi connectivity index (χ1v) is 14.5. The summed E-state index contributed by atoms with van der Waals surface area (Å²) in [5.41, 5.74) is 3.91. The lowest BCUT2D eigenvalue weighted by molar-refractivity contribution is 0.696. The van der Waals surface area contributed by atoms with Gasteiger partial charge >= 0.3 is 0 Å². The highest BCUT2D eigenvalue weighted by Gasteiger charge is 2.50. The van der Waals surface area contributed by atoms with Gasteiger partial charge < -0.3 is 0 Å². The van der Waals surface area contributed by atoms with E-state index in [1.165, 1.54) is 63.7 Å². The quantitative estimate of drug-likeness (QED) is 0.336. The maximum atomic E-state index is 4.97. The van der Waals surface area contributed by atoms with Gasteiger partial charge in [-0.1, -0.05) is 27.7 Å². The summed E-state index contributed by atoms with van der Waals surface area (Å²) < 4.78 is 0. The summed E-state index contributed by atoms with van der Waals surface area (Å²) in [5.74, 6) is 0. The van der Waals surface area contributed by atoms with E-state index < -0.39 is 14.5 Å². The van der Waals surface area contributed by atoms with E-state index in [0.29, 0.717) is 0 Å². The molecule has 2 rings (SSSR count). The van der Waals surface area contributed by atoms with Gasteiger partial charge in [0.05, 0.1) is 12.3 Å². The maximum absolute atomic E-state index is 4.97. The van der Waals surface area contributed by atoms with E-state index in [2.05, 4.69) is 27.7 Å². The first-order chi connectivity index (χ1) is 10.5. The van der Waals surface area contributed by atoms with Gasteiger partial charge in [0.25, 0.3) is 0 Å². The lowest BCUT2D eigenvalue weighted by Gasteiger charge is -2.42. The van der Waals surface area contributed by atoms with Gasteiger partial charge in [-0.15, -0.1) is 14.5 Å². The molecule has 2 aliphatic heterocycles. The molecule has 0 bridgehead atoms. The minimum absolute atomic E-state index is 0.972. The van der Waals surface area contributed by atoms with Crippen molar-refractivity contribution in [3.05, 3.63) is 13.3 Å². The Morgan fingerprint density at radius 1 is 0.591 bits per heavy atom. The number of rotatable bonds is 7. The second-order valence-electron chi connectivity index (χ2n) is 8.06. The zero-order valence-electron chi connectivity index (χ0n) is 15.7. The number of hydrogen-bond donors (Lipinski definition) is 0. The van der Waals surface area contributed by atoms with Crippen LogP contribution in [0.2, 0.25) is 0 Å². The summed E-state index contributed by atoms with van der Waals surface area (Å²) in [5, 5.41) is 0. The Hall–Kier alpha value is 0.860. The van der Waals surface area contributed by atoms with E-state index >= 15 is 0 Å². The fraction of sp³-hybridized carbons (Fsp3) is 0.900. The molecule has 4 atom stereocenters. The van der Waals surface area contributed by atoms with E-state index in [0.717, 1.165) is 22.6 Å². The smallest absolute Gasteiger partial charge is 0.0642 e. The summed E-state index contributed by atoms with van der Waals surface area (Å²) in [6.07, 6.45) is 14.4. The summed E-state index contributed by atoms with van der Waals surface area (Å²) >= 11 is 0.